The summed E-state index contributed by atoms with van der Waals surface area (Å²) in [5.74, 6) is 0. The summed E-state index contributed by atoms with van der Waals surface area (Å²) >= 11 is 0. The molecule has 1 rings (SSSR count). The Labute approximate surface area is 123 Å². The molecule has 0 atom stereocenters. The van der Waals surface area contributed by atoms with E-state index in [1.807, 2.05) is 0 Å². The van der Waals surface area contributed by atoms with E-state index in [0.717, 1.165) is 10.4 Å². The van der Waals surface area contributed by atoms with Crippen LogP contribution in [0.2, 0.25) is 0 Å². The Bertz CT molecular complexity index is 615. The molecule has 0 aliphatic heterocycles. The van der Waals surface area contributed by atoms with Gasteiger partial charge in [0.1, 0.15) is 4.90 Å². The predicted molar refractivity (Wildman–Crippen MR) is 78.8 cm³/mol. The van der Waals surface area contributed by atoms with Crippen molar-refractivity contribution in [3.05, 3.63) is 28.3 Å². The molecule has 0 spiro atoms. The highest BCUT2D eigenvalue weighted by molar-refractivity contribution is 7.89. The summed E-state index contributed by atoms with van der Waals surface area (Å²) in [7, 11) is -2.42. The average molecular weight is 317 g/mol. The number of nitrogens with one attached hydrogen (secondary N) is 1. The maximum Gasteiger partial charge on any atom is 0.270 e. The lowest BCUT2D eigenvalue weighted by Gasteiger charge is -2.26. The minimum atomic E-state index is -3.95. The molecular weight excluding hydrogens is 298 g/mol. The number of nitrogens with zero attached hydrogens (tertiary/aromatic N) is 2. The van der Waals surface area contributed by atoms with Crippen LogP contribution in [0.3, 0.4) is 0 Å². The summed E-state index contributed by atoms with van der Waals surface area (Å²) in [4.78, 5) is 10.0. The maximum atomic E-state index is 12.7. The number of nitro benzene ring substituents is 1. The van der Waals surface area contributed by atoms with E-state index in [4.69, 9.17) is 5.11 Å². The smallest absolute Gasteiger partial charge is 0.270 e. The van der Waals surface area contributed by atoms with Crippen LogP contribution >= 0.6 is 0 Å². The van der Waals surface area contributed by atoms with Crippen LogP contribution < -0.4 is 5.32 Å². The molecule has 118 valence electrons. The lowest BCUT2D eigenvalue weighted by molar-refractivity contribution is -0.385. The fourth-order valence-corrected chi connectivity index (χ4v) is 3.77. The van der Waals surface area contributed by atoms with E-state index >= 15 is 0 Å². The maximum absolute atomic E-state index is 12.7. The minimum absolute atomic E-state index is 0.0775. The molecule has 0 heterocycles. The molecule has 1 aromatic rings. The normalized spacial score (nSPS) is 11.9. The lowest BCUT2D eigenvalue weighted by Crippen LogP contribution is -2.39. The first kappa shape index (κ1) is 17.3. The zero-order valence-electron chi connectivity index (χ0n) is 12.1. The average Bonchev–Trinajstić information content (AvgIpc) is 2.43. The zero-order valence-corrected chi connectivity index (χ0v) is 12.9. The fraction of sp³-hybridized carbons (Fsp3) is 0.500. The molecule has 0 aromatic heterocycles. The number of aliphatic hydroxyl groups is 1. The van der Waals surface area contributed by atoms with Gasteiger partial charge in [-0.25, -0.2) is 8.42 Å². The number of sulfonamides is 1. The molecule has 2 N–H and O–H groups in total. The Kier molecular flexibility index (Phi) is 5.64. The van der Waals surface area contributed by atoms with E-state index in [2.05, 4.69) is 5.32 Å². The molecule has 9 heteroatoms. The zero-order chi connectivity index (χ0) is 16.2. The Balaban J connectivity index is 3.47. The fourth-order valence-electron chi connectivity index (χ4n) is 1.93. The van der Waals surface area contributed by atoms with Crippen molar-refractivity contribution in [1.29, 1.82) is 0 Å². The van der Waals surface area contributed by atoms with Crippen LogP contribution in [0.25, 0.3) is 0 Å². The number of nitro groups is 1. The van der Waals surface area contributed by atoms with E-state index in [9.17, 15) is 18.5 Å². The van der Waals surface area contributed by atoms with Crippen molar-refractivity contribution in [2.24, 2.45) is 0 Å². The summed E-state index contributed by atoms with van der Waals surface area (Å²) in [5, 5.41) is 22.6. The molecular formula is C12H19N3O5S. The summed E-state index contributed by atoms with van der Waals surface area (Å²) in [6, 6.07) is 3.22. The van der Waals surface area contributed by atoms with Crippen LogP contribution in [0, 0.1) is 10.1 Å². The highest BCUT2D eigenvalue weighted by Gasteiger charge is 2.30. The van der Waals surface area contributed by atoms with E-state index in [-0.39, 0.29) is 35.5 Å². The van der Waals surface area contributed by atoms with Crippen LogP contribution in [0.4, 0.5) is 11.4 Å². The summed E-state index contributed by atoms with van der Waals surface area (Å²) < 4.78 is 26.4. The van der Waals surface area contributed by atoms with Gasteiger partial charge in [0.05, 0.1) is 17.2 Å². The van der Waals surface area contributed by atoms with Gasteiger partial charge in [-0.15, -0.1) is 0 Å². The van der Waals surface area contributed by atoms with Crippen molar-refractivity contribution in [2.45, 2.75) is 24.8 Å². The highest BCUT2D eigenvalue weighted by atomic mass is 32.2. The van der Waals surface area contributed by atoms with Gasteiger partial charge in [0, 0.05) is 31.8 Å². The molecule has 0 aliphatic carbocycles. The van der Waals surface area contributed by atoms with Crippen LogP contribution in [0.5, 0.6) is 0 Å². The van der Waals surface area contributed by atoms with Gasteiger partial charge in [0.25, 0.3) is 5.69 Å². The van der Waals surface area contributed by atoms with Crippen molar-refractivity contribution in [3.8, 4) is 0 Å². The van der Waals surface area contributed by atoms with Crippen molar-refractivity contribution in [2.75, 3.05) is 25.5 Å². The quantitative estimate of drug-likeness (QED) is 0.573. The number of hydrogen-bond acceptors (Lipinski definition) is 6. The van der Waals surface area contributed by atoms with Crippen LogP contribution in [0.1, 0.15) is 13.8 Å². The van der Waals surface area contributed by atoms with Gasteiger partial charge in [-0.1, -0.05) is 0 Å². The highest BCUT2D eigenvalue weighted by Crippen LogP contribution is 2.29. The molecule has 1 aromatic carbocycles. The largest absolute Gasteiger partial charge is 0.395 e. The van der Waals surface area contributed by atoms with Crippen molar-refractivity contribution in [1.82, 2.24) is 4.31 Å². The first-order chi connectivity index (χ1) is 9.75. The van der Waals surface area contributed by atoms with Gasteiger partial charge in [0.2, 0.25) is 10.0 Å². The Hall–Kier alpha value is -1.71. The standard InChI is InChI=1S/C12H19N3O5S/c1-9(2)14(6-7-16)21(19,20)12-8-10(15(17)18)4-5-11(12)13-3/h4-5,8-9,13,16H,6-7H2,1-3H3. The third-order valence-corrected chi connectivity index (χ3v) is 5.04. The van der Waals surface area contributed by atoms with Crippen molar-refractivity contribution >= 4 is 21.4 Å². The van der Waals surface area contributed by atoms with Crippen LogP contribution in [-0.4, -0.2) is 49.0 Å². The van der Waals surface area contributed by atoms with E-state index in [1.54, 1.807) is 13.8 Å². The third kappa shape index (κ3) is 3.69. The Morgan fingerprint density at radius 3 is 2.48 bits per heavy atom. The molecule has 0 bridgehead atoms. The lowest BCUT2D eigenvalue weighted by atomic mass is 10.3. The topological polar surface area (TPSA) is 113 Å². The molecule has 0 saturated carbocycles. The second-order valence-corrected chi connectivity index (χ2v) is 6.48. The third-order valence-electron chi connectivity index (χ3n) is 2.93. The monoisotopic (exact) mass is 317 g/mol. The molecule has 0 unspecified atom stereocenters. The first-order valence-corrected chi connectivity index (χ1v) is 7.78. The van der Waals surface area contributed by atoms with Gasteiger partial charge >= 0.3 is 0 Å². The van der Waals surface area contributed by atoms with Gasteiger partial charge in [-0.2, -0.15) is 4.31 Å². The summed E-state index contributed by atoms with van der Waals surface area (Å²) in [6.07, 6.45) is 0. The second-order valence-electron chi connectivity index (χ2n) is 4.62. The first-order valence-electron chi connectivity index (χ1n) is 6.34. The molecule has 21 heavy (non-hydrogen) atoms. The minimum Gasteiger partial charge on any atom is -0.395 e. The summed E-state index contributed by atoms with van der Waals surface area (Å²) in [6.45, 7) is 2.93. The predicted octanol–water partition coefficient (Wildman–Crippen LogP) is 1.03. The summed E-state index contributed by atoms with van der Waals surface area (Å²) in [5.41, 5.74) is -0.0375. The number of benzene rings is 1. The molecule has 0 saturated heterocycles. The Morgan fingerprint density at radius 1 is 1.43 bits per heavy atom. The van der Waals surface area contributed by atoms with Crippen molar-refractivity contribution in [3.63, 3.8) is 0 Å². The van der Waals surface area contributed by atoms with Crippen molar-refractivity contribution < 1.29 is 18.4 Å². The number of anilines is 1. The SMILES string of the molecule is CNc1ccc([N+](=O)[O-])cc1S(=O)(=O)N(CCO)C(C)C. The van der Waals surface area contributed by atoms with Gasteiger partial charge < -0.3 is 10.4 Å². The molecule has 8 nitrogen and oxygen atoms in total. The number of rotatable bonds is 7. The van der Waals surface area contributed by atoms with E-state index < -0.39 is 14.9 Å². The van der Waals surface area contributed by atoms with E-state index in [1.165, 1.54) is 19.2 Å². The molecule has 0 amide bonds. The van der Waals surface area contributed by atoms with Crippen LogP contribution in [0.15, 0.2) is 23.1 Å². The number of aliphatic hydroxyl groups excluding tert-OH is 1. The number of non-ortho nitro benzene ring substituents is 1. The van der Waals surface area contributed by atoms with Gasteiger partial charge in [-0.05, 0) is 19.9 Å². The second kappa shape index (κ2) is 6.83. The molecule has 0 aliphatic rings. The van der Waals surface area contributed by atoms with E-state index in [0.29, 0.717) is 0 Å². The number of hydrogen-bond donors (Lipinski definition) is 2. The van der Waals surface area contributed by atoms with Gasteiger partial charge in [0.15, 0.2) is 0 Å². The molecule has 0 fully saturated rings. The van der Waals surface area contributed by atoms with Gasteiger partial charge in [-0.3, -0.25) is 10.1 Å². The Morgan fingerprint density at radius 2 is 2.05 bits per heavy atom. The van der Waals surface area contributed by atoms with Crippen LogP contribution in [-0.2, 0) is 10.0 Å². The molecule has 0 radical (unpaired) electrons.